The summed E-state index contributed by atoms with van der Waals surface area (Å²) in [5, 5.41) is 12.8. The van der Waals surface area contributed by atoms with Gasteiger partial charge in [0.15, 0.2) is 5.82 Å². The topological polar surface area (TPSA) is 76.9 Å². The van der Waals surface area contributed by atoms with Crippen molar-refractivity contribution in [2.24, 2.45) is 0 Å². The van der Waals surface area contributed by atoms with Crippen molar-refractivity contribution in [1.29, 1.82) is 0 Å². The largest absolute Gasteiger partial charge is 0.472 e. The molecule has 1 saturated heterocycles. The van der Waals surface area contributed by atoms with E-state index < -0.39 is 29.5 Å². The summed E-state index contributed by atoms with van der Waals surface area (Å²) in [7, 11) is 0. The van der Waals surface area contributed by atoms with Crippen molar-refractivity contribution in [3.05, 3.63) is 41.6 Å². The lowest BCUT2D eigenvalue weighted by molar-refractivity contribution is -0.140. The van der Waals surface area contributed by atoms with Gasteiger partial charge in [0.2, 0.25) is 0 Å². The summed E-state index contributed by atoms with van der Waals surface area (Å²) in [6.07, 6.45) is 2.25. The quantitative estimate of drug-likeness (QED) is 0.300. The molecule has 7 nitrogen and oxygen atoms in total. The molecule has 3 aromatic heterocycles. The zero-order chi connectivity index (χ0) is 25.3. The van der Waals surface area contributed by atoms with Crippen molar-refractivity contribution in [1.82, 2.24) is 25.1 Å². The zero-order valence-electron chi connectivity index (χ0n) is 21.3. The summed E-state index contributed by atoms with van der Waals surface area (Å²) in [6.45, 7) is 4.71. The molecule has 1 aliphatic carbocycles. The summed E-state index contributed by atoms with van der Waals surface area (Å²) < 4.78 is 61.2. The molecular weight excluding hydrogens is 583 g/mol. The maximum Gasteiger partial charge on any atom is 0.419 e. The highest BCUT2D eigenvalue weighted by Gasteiger charge is 2.36. The van der Waals surface area contributed by atoms with E-state index in [0.29, 0.717) is 37.7 Å². The fraction of sp³-hybridized carbons (Fsp3) is 0.560. The standard InChI is InChI=1S/C25H30F4N6O.3ClH/c1-2-31-21-13-20-18(14-33-21)23(15-7-10-30-11-8-15)34-35(20)16-3-5-17(6-4-16)36-24-22(26)19(9-12-32-24)25(27,28)29;;;/h9,12-17,30H,2-8,10-11H2,1H3,(H,31,33);3*1H/t16-,17+;;;. The summed E-state index contributed by atoms with van der Waals surface area (Å²) in [4.78, 5) is 8.29. The molecule has 0 spiro atoms. The van der Waals surface area contributed by atoms with Gasteiger partial charge in [0, 0.05) is 36.3 Å². The van der Waals surface area contributed by atoms with Crippen LogP contribution in [-0.4, -0.2) is 45.5 Å². The number of piperidine rings is 1. The minimum absolute atomic E-state index is 0. The van der Waals surface area contributed by atoms with Crippen LogP contribution in [0.2, 0.25) is 0 Å². The Labute approximate surface area is 243 Å². The van der Waals surface area contributed by atoms with Crippen LogP contribution in [0.3, 0.4) is 0 Å². The molecule has 2 fully saturated rings. The molecular formula is C25H33Cl3F4N6O. The number of nitrogens with zero attached hydrogens (tertiary/aromatic N) is 4. The van der Waals surface area contributed by atoms with Crippen LogP contribution in [-0.2, 0) is 6.18 Å². The van der Waals surface area contributed by atoms with Crippen LogP contribution >= 0.6 is 37.2 Å². The number of halogens is 7. The number of nitrogens with one attached hydrogen (secondary N) is 2. The van der Waals surface area contributed by atoms with Crippen molar-refractivity contribution >= 4 is 53.9 Å². The van der Waals surface area contributed by atoms with E-state index in [2.05, 4.69) is 25.3 Å². The van der Waals surface area contributed by atoms with Crippen molar-refractivity contribution in [2.75, 3.05) is 25.0 Å². The van der Waals surface area contributed by atoms with Gasteiger partial charge in [0.05, 0.1) is 22.8 Å². The molecule has 218 valence electrons. The van der Waals surface area contributed by atoms with Gasteiger partial charge in [0.1, 0.15) is 11.9 Å². The van der Waals surface area contributed by atoms with E-state index >= 15 is 0 Å². The van der Waals surface area contributed by atoms with Crippen LogP contribution in [0, 0.1) is 5.82 Å². The lowest BCUT2D eigenvalue weighted by Gasteiger charge is -2.29. The van der Waals surface area contributed by atoms with Crippen LogP contribution in [0.5, 0.6) is 5.88 Å². The Kier molecular flexibility index (Phi) is 11.9. The SMILES string of the molecule is CCNc1cc2c(cn1)c(C1CCNCC1)nn2[C@H]1CC[C@@H](Oc2nccc(C(F)(F)F)c2F)CC1.Cl.Cl.Cl. The smallest absolute Gasteiger partial charge is 0.419 e. The highest BCUT2D eigenvalue weighted by molar-refractivity contribution is 5.86. The second-order valence-electron chi connectivity index (χ2n) is 9.49. The van der Waals surface area contributed by atoms with Gasteiger partial charge in [-0.3, -0.25) is 4.68 Å². The van der Waals surface area contributed by atoms with Gasteiger partial charge >= 0.3 is 6.18 Å². The molecule has 0 atom stereocenters. The van der Waals surface area contributed by atoms with Gasteiger partial charge < -0.3 is 15.4 Å². The summed E-state index contributed by atoms with van der Waals surface area (Å²) in [6, 6.07) is 2.78. The number of alkyl halides is 3. The predicted octanol–water partition coefficient (Wildman–Crippen LogP) is 6.71. The molecule has 14 heteroatoms. The van der Waals surface area contributed by atoms with Gasteiger partial charge in [-0.25, -0.2) is 14.4 Å². The van der Waals surface area contributed by atoms with E-state index in [1.807, 2.05) is 19.2 Å². The summed E-state index contributed by atoms with van der Waals surface area (Å²) in [5.74, 6) is -0.879. The first kappa shape index (κ1) is 33.1. The Morgan fingerprint density at radius 2 is 1.74 bits per heavy atom. The number of ether oxygens (including phenoxy) is 1. The van der Waals surface area contributed by atoms with E-state index in [1.165, 1.54) is 0 Å². The maximum absolute atomic E-state index is 14.4. The second kappa shape index (κ2) is 14.0. The zero-order valence-corrected chi connectivity index (χ0v) is 23.8. The number of hydrogen-bond acceptors (Lipinski definition) is 6. The lowest BCUT2D eigenvalue weighted by Crippen LogP contribution is -2.28. The van der Waals surface area contributed by atoms with Gasteiger partial charge in [0.25, 0.3) is 5.88 Å². The van der Waals surface area contributed by atoms with E-state index in [0.717, 1.165) is 61.1 Å². The number of pyridine rings is 2. The molecule has 5 rings (SSSR count). The Morgan fingerprint density at radius 3 is 2.38 bits per heavy atom. The highest BCUT2D eigenvalue weighted by atomic mass is 35.5. The average molecular weight is 616 g/mol. The van der Waals surface area contributed by atoms with E-state index in [9.17, 15) is 17.6 Å². The summed E-state index contributed by atoms with van der Waals surface area (Å²) >= 11 is 0. The predicted molar refractivity (Wildman–Crippen MR) is 149 cm³/mol. The van der Waals surface area contributed by atoms with E-state index in [1.54, 1.807) is 0 Å². The maximum atomic E-state index is 14.4. The van der Waals surface area contributed by atoms with Crippen molar-refractivity contribution in [2.45, 2.75) is 69.7 Å². The molecule has 4 heterocycles. The highest BCUT2D eigenvalue weighted by Crippen LogP contribution is 2.38. The first-order valence-corrected chi connectivity index (χ1v) is 12.6. The number of hydrogen-bond donors (Lipinski definition) is 2. The second-order valence-corrected chi connectivity index (χ2v) is 9.49. The molecule has 0 amide bonds. The van der Waals surface area contributed by atoms with Gasteiger partial charge in [-0.2, -0.15) is 18.3 Å². The Morgan fingerprint density at radius 1 is 1.05 bits per heavy atom. The van der Waals surface area contributed by atoms with Crippen molar-refractivity contribution < 1.29 is 22.3 Å². The fourth-order valence-electron chi connectivity index (χ4n) is 5.30. The van der Waals surface area contributed by atoms with Gasteiger partial charge in [-0.15, -0.1) is 37.2 Å². The number of fused-ring (bicyclic) bond motifs is 1. The molecule has 0 radical (unpaired) electrons. The van der Waals surface area contributed by atoms with E-state index in [-0.39, 0.29) is 43.3 Å². The summed E-state index contributed by atoms with van der Waals surface area (Å²) in [5.41, 5.74) is 0.750. The molecule has 0 unspecified atom stereocenters. The van der Waals surface area contributed by atoms with Crippen LogP contribution in [0.25, 0.3) is 10.9 Å². The van der Waals surface area contributed by atoms with Gasteiger partial charge in [-0.05, 0) is 64.6 Å². The molecule has 39 heavy (non-hydrogen) atoms. The Bertz CT molecular complexity index is 1210. The molecule has 1 aliphatic heterocycles. The molecule has 0 aromatic carbocycles. The number of rotatable bonds is 6. The van der Waals surface area contributed by atoms with Crippen molar-refractivity contribution in [3.63, 3.8) is 0 Å². The van der Waals surface area contributed by atoms with Crippen LogP contribution in [0.4, 0.5) is 23.4 Å². The minimum atomic E-state index is -4.80. The first-order chi connectivity index (χ1) is 17.3. The van der Waals surface area contributed by atoms with Crippen LogP contribution < -0.4 is 15.4 Å². The van der Waals surface area contributed by atoms with Gasteiger partial charge in [-0.1, -0.05) is 0 Å². The number of anilines is 1. The molecule has 2 aliphatic rings. The third-order valence-electron chi connectivity index (χ3n) is 7.13. The molecule has 2 N–H and O–H groups in total. The Hall–Kier alpha value is -2.08. The monoisotopic (exact) mass is 614 g/mol. The first-order valence-electron chi connectivity index (χ1n) is 12.6. The van der Waals surface area contributed by atoms with Crippen LogP contribution in [0.15, 0.2) is 24.5 Å². The molecule has 1 saturated carbocycles. The number of aromatic nitrogens is 4. The lowest BCUT2D eigenvalue weighted by atomic mass is 9.92. The third-order valence-corrected chi connectivity index (χ3v) is 7.13. The third kappa shape index (κ3) is 7.17. The molecule has 0 bridgehead atoms. The Balaban J connectivity index is 0.00000178. The fourth-order valence-corrected chi connectivity index (χ4v) is 5.30. The van der Waals surface area contributed by atoms with Crippen molar-refractivity contribution in [3.8, 4) is 5.88 Å². The minimum Gasteiger partial charge on any atom is -0.472 e. The average Bonchev–Trinajstić information content (AvgIpc) is 3.25. The van der Waals surface area contributed by atoms with E-state index in [4.69, 9.17) is 9.84 Å². The normalized spacial score (nSPS) is 19.9. The van der Waals surface area contributed by atoms with Crippen LogP contribution in [0.1, 0.15) is 68.7 Å². The molecule has 3 aromatic rings.